The van der Waals surface area contributed by atoms with Crippen LogP contribution in [0.25, 0.3) is 0 Å². The van der Waals surface area contributed by atoms with Crippen LogP contribution < -0.4 is 4.72 Å². The topological polar surface area (TPSA) is 120 Å². The van der Waals surface area contributed by atoms with Gasteiger partial charge in [0.15, 0.2) is 0 Å². The van der Waals surface area contributed by atoms with E-state index in [9.17, 15) is 18.5 Å². The number of piperidine rings is 1. The molecule has 4 rings (SSSR count). The molecule has 1 aromatic heterocycles. The van der Waals surface area contributed by atoms with Gasteiger partial charge in [-0.2, -0.15) is 0 Å². The SMILES string of the molecule is C[N+]1(C)[C@@H]2CC[C@H]1CC(n1cc(CNS(=O)(=O)c3ccc([N+](=O)[O-])cc3)nn1)C2. The standard InChI is InChI=1S/C18H25N6O4S/c1-24(2)16-5-6-17(24)10-15(9-16)22-12-13(20-21-22)11-19-29(27,28)18-7-3-14(4-8-18)23(25)26/h3-4,7-8,12,15-17,19H,5-6,9-11H2,1-2H3/q+1/t15?,16-,17+. The Labute approximate surface area is 169 Å². The molecule has 1 N–H and O–H groups in total. The number of sulfonamides is 1. The minimum Gasteiger partial charge on any atom is -0.323 e. The van der Waals surface area contributed by atoms with E-state index < -0.39 is 14.9 Å². The van der Waals surface area contributed by atoms with E-state index in [1.807, 2.05) is 10.9 Å². The Morgan fingerprint density at radius 3 is 2.41 bits per heavy atom. The van der Waals surface area contributed by atoms with Crippen LogP contribution in [0.1, 0.15) is 37.4 Å². The third-order valence-corrected chi connectivity index (χ3v) is 7.95. The van der Waals surface area contributed by atoms with E-state index in [0.717, 1.165) is 17.3 Å². The number of aromatic nitrogens is 3. The number of rotatable bonds is 6. The Kier molecular flexibility index (Phi) is 4.91. The van der Waals surface area contributed by atoms with Crippen molar-refractivity contribution in [3.8, 4) is 0 Å². The summed E-state index contributed by atoms with van der Waals surface area (Å²) in [5.41, 5.74) is 0.386. The van der Waals surface area contributed by atoms with Gasteiger partial charge < -0.3 is 4.48 Å². The first-order chi connectivity index (χ1) is 13.7. The van der Waals surface area contributed by atoms with E-state index in [2.05, 4.69) is 29.1 Å². The molecular formula is C18H25N6O4S+. The van der Waals surface area contributed by atoms with Crippen molar-refractivity contribution in [2.24, 2.45) is 0 Å². The first kappa shape index (κ1) is 19.9. The van der Waals surface area contributed by atoms with E-state index in [4.69, 9.17) is 0 Å². The van der Waals surface area contributed by atoms with Gasteiger partial charge in [-0.05, 0) is 12.1 Å². The molecule has 156 valence electrons. The number of hydrogen-bond donors (Lipinski definition) is 1. The normalized spacial score (nSPS) is 25.8. The fourth-order valence-corrected chi connectivity index (χ4v) is 5.64. The number of hydrogen-bond acceptors (Lipinski definition) is 6. The lowest BCUT2D eigenvalue weighted by Gasteiger charge is -2.44. The fourth-order valence-electron chi connectivity index (χ4n) is 4.64. The molecule has 0 spiro atoms. The van der Waals surface area contributed by atoms with Crippen LogP contribution in [-0.4, -0.2) is 59.0 Å². The van der Waals surface area contributed by atoms with Gasteiger partial charge in [0.05, 0.1) is 60.5 Å². The molecule has 2 aromatic rings. The molecule has 3 atom stereocenters. The smallest absolute Gasteiger partial charge is 0.269 e. The van der Waals surface area contributed by atoms with Gasteiger partial charge in [0.25, 0.3) is 5.69 Å². The van der Waals surface area contributed by atoms with Gasteiger partial charge in [-0.3, -0.25) is 10.1 Å². The van der Waals surface area contributed by atoms with Crippen molar-refractivity contribution in [1.82, 2.24) is 19.7 Å². The zero-order chi connectivity index (χ0) is 20.8. The molecule has 3 heterocycles. The predicted octanol–water partition coefficient (Wildman–Crippen LogP) is 1.61. The van der Waals surface area contributed by atoms with Crippen molar-refractivity contribution in [2.75, 3.05) is 14.1 Å². The highest BCUT2D eigenvalue weighted by Crippen LogP contribution is 2.43. The monoisotopic (exact) mass is 421 g/mol. The maximum absolute atomic E-state index is 12.4. The Bertz CT molecular complexity index is 1000. The lowest BCUT2D eigenvalue weighted by molar-refractivity contribution is -0.931. The minimum atomic E-state index is -3.79. The van der Waals surface area contributed by atoms with Crippen molar-refractivity contribution in [2.45, 2.75) is 55.2 Å². The Morgan fingerprint density at radius 2 is 1.83 bits per heavy atom. The van der Waals surface area contributed by atoms with Crippen LogP contribution in [0.2, 0.25) is 0 Å². The number of nitro benzene ring substituents is 1. The summed E-state index contributed by atoms with van der Waals surface area (Å²) in [6.07, 6.45) is 6.41. The summed E-state index contributed by atoms with van der Waals surface area (Å²) in [4.78, 5) is 10.1. The van der Waals surface area contributed by atoms with Crippen molar-refractivity contribution in [1.29, 1.82) is 0 Å². The van der Waals surface area contributed by atoms with E-state index in [1.165, 1.54) is 37.1 Å². The maximum atomic E-state index is 12.4. The molecule has 29 heavy (non-hydrogen) atoms. The van der Waals surface area contributed by atoms with Crippen LogP contribution in [0.3, 0.4) is 0 Å². The second-order valence-electron chi connectivity index (χ2n) is 8.40. The average molecular weight is 422 g/mol. The number of fused-ring (bicyclic) bond motifs is 2. The molecule has 0 saturated carbocycles. The van der Waals surface area contributed by atoms with Crippen molar-refractivity contribution in [3.05, 3.63) is 46.3 Å². The minimum absolute atomic E-state index is 0.0143. The summed E-state index contributed by atoms with van der Waals surface area (Å²) in [7, 11) is 0.816. The highest BCUT2D eigenvalue weighted by atomic mass is 32.2. The number of benzene rings is 1. The molecule has 0 radical (unpaired) electrons. The first-order valence-corrected chi connectivity index (χ1v) is 11.1. The molecule has 10 nitrogen and oxygen atoms in total. The predicted molar refractivity (Wildman–Crippen MR) is 104 cm³/mol. The molecule has 11 heteroatoms. The summed E-state index contributed by atoms with van der Waals surface area (Å²) >= 11 is 0. The van der Waals surface area contributed by atoms with E-state index in [0.29, 0.717) is 23.8 Å². The molecule has 2 fully saturated rings. The number of nitro groups is 1. The van der Waals surface area contributed by atoms with E-state index in [-0.39, 0.29) is 17.1 Å². The van der Waals surface area contributed by atoms with Gasteiger partial charge in [-0.1, -0.05) is 5.21 Å². The zero-order valence-electron chi connectivity index (χ0n) is 16.4. The van der Waals surface area contributed by atoms with Gasteiger partial charge in [0.1, 0.15) is 0 Å². The van der Waals surface area contributed by atoms with Crippen LogP contribution in [0.4, 0.5) is 5.69 Å². The lowest BCUT2D eigenvalue weighted by atomic mass is 9.96. The maximum Gasteiger partial charge on any atom is 0.269 e. The van der Waals surface area contributed by atoms with E-state index in [1.54, 1.807) is 0 Å². The second-order valence-corrected chi connectivity index (χ2v) is 10.2. The van der Waals surface area contributed by atoms with Gasteiger partial charge in [0.2, 0.25) is 10.0 Å². The van der Waals surface area contributed by atoms with Crippen LogP contribution in [0.5, 0.6) is 0 Å². The van der Waals surface area contributed by atoms with Crippen molar-refractivity contribution < 1.29 is 17.8 Å². The van der Waals surface area contributed by atoms with Crippen LogP contribution in [-0.2, 0) is 16.6 Å². The highest BCUT2D eigenvalue weighted by molar-refractivity contribution is 7.89. The number of nitrogens with zero attached hydrogens (tertiary/aromatic N) is 5. The van der Waals surface area contributed by atoms with Crippen molar-refractivity contribution in [3.63, 3.8) is 0 Å². The quantitative estimate of drug-likeness (QED) is 0.430. The zero-order valence-corrected chi connectivity index (χ0v) is 17.2. The largest absolute Gasteiger partial charge is 0.323 e. The third-order valence-electron chi connectivity index (χ3n) is 6.54. The van der Waals surface area contributed by atoms with Gasteiger partial charge in [-0.25, -0.2) is 17.8 Å². The van der Waals surface area contributed by atoms with Gasteiger partial charge in [0, 0.05) is 37.8 Å². The van der Waals surface area contributed by atoms with Crippen LogP contribution in [0, 0.1) is 10.1 Å². The molecule has 0 aliphatic carbocycles. The third kappa shape index (κ3) is 3.77. The number of quaternary nitrogens is 1. The lowest BCUT2D eigenvalue weighted by Crippen LogP contribution is -2.54. The molecule has 2 bridgehead atoms. The highest BCUT2D eigenvalue weighted by Gasteiger charge is 2.49. The molecule has 2 aliphatic rings. The average Bonchev–Trinajstić information content (AvgIpc) is 3.16. The molecule has 0 amide bonds. The summed E-state index contributed by atoms with van der Waals surface area (Å²) in [6, 6.07) is 6.33. The Hall–Kier alpha value is -2.37. The number of nitrogens with one attached hydrogen (secondary N) is 1. The van der Waals surface area contributed by atoms with Crippen molar-refractivity contribution >= 4 is 15.7 Å². The summed E-state index contributed by atoms with van der Waals surface area (Å²) in [6.45, 7) is 0.0143. The van der Waals surface area contributed by atoms with Gasteiger partial charge in [-0.15, -0.1) is 5.10 Å². The molecule has 2 saturated heterocycles. The van der Waals surface area contributed by atoms with E-state index >= 15 is 0 Å². The first-order valence-electron chi connectivity index (χ1n) is 9.65. The summed E-state index contributed by atoms with van der Waals surface area (Å²) in [5, 5.41) is 19.1. The Morgan fingerprint density at radius 1 is 1.21 bits per heavy atom. The second kappa shape index (κ2) is 7.15. The number of non-ortho nitro benzene ring substituents is 1. The summed E-state index contributed by atoms with van der Waals surface area (Å²) < 4.78 is 30.3. The molecular weight excluding hydrogens is 396 g/mol. The molecule has 2 aliphatic heterocycles. The molecule has 1 unspecified atom stereocenters. The summed E-state index contributed by atoms with van der Waals surface area (Å²) in [5.74, 6) is 0. The Balaban J connectivity index is 1.40. The van der Waals surface area contributed by atoms with Crippen LogP contribution >= 0.6 is 0 Å². The van der Waals surface area contributed by atoms with Gasteiger partial charge >= 0.3 is 0 Å². The fraction of sp³-hybridized carbons (Fsp3) is 0.556. The molecule has 1 aromatic carbocycles. The van der Waals surface area contributed by atoms with Crippen LogP contribution in [0.15, 0.2) is 35.4 Å².